The molecular formula is C25H20O7. The summed E-state index contributed by atoms with van der Waals surface area (Å²) in [6, 6.07) is 8.11. The molecule has 0 amide bonds. The molecule has 0 N–H and O–H groups in total. The summed E-state index contributed by atoms with van der Waals surface area (Å²) in [5, 5.41) is 0. The van der Waals surface area contributed by atoms with Gasteiger partial charge in [-0.3, -0.25) is 4.79 Å². The summed E-state index contributed by atoms with van der Waals surface area (Å²) in [6.07, 6.45) is 0.583. The van der Waals surface area contributed by atoms with Crippen LogP contribution in [-0.4, -0.2) is 23.7 Å². The van der Waals surface area contributed by atoms with Gasteiger partial charge in [-0.2, -0.15) is 0 Å². The quantitative estimate of drug-likeness (QED) is 0.393. The molecule has 0 unspecified atom stereocenters. The summed E-state index contributed by atoms with van der Waals surface area (Å²) >= 11 is 0. The van der Waals surface area contributed by atoms with E-state index in [-0.39, 0.29) is 48.5 Å². The lowest BCUT2D eigenvalue weighted by atomic mass is 10.00. The molecule has 0 saturated heterocycles. The van der Waals surface area contributed by atoms with Crippen LogP contribution in [0.25, 0.3) is 0 Å². The third-order valence-corrected chi connectivity index (χ3v) is 5.25. The summed E-state index contributed by atoms with van der Waals surface area (Å²) in [4.78, 5) is 48.0. The average Bonchev–Trinajstić information content (AvgIpc) is 3.29. The number of esters is 3. The topological polar surface area (TPSA) is 96.0 Å². The van der Waals surface area contributed by atoms with Crippen molar-refractivity contribution < 1.29 is 33.4 Å². The van der Waals surface area contributed by atoms with Crippen molar-refractivity contribution >= 4 is 23.7 Å². The van der Waals surface area contributed by atoms with Gasteiger partial charge in [-0.1, -0.05) is 19.2 Å². The van der Waals surface area contributed by atoms with E-state index >= 15 is 0 Å². The average molecular weight is 432 g/mol. The molecule has 1 aliphatic carbocycles. The number of carbonyl (C=O) groups is 4. The number of hydrogen-bond acceptors (Lipinski definition) is 7. The molecule has 0 radical (unpaired) electrons. The molecule has 162 valence electrons. The minimum Gasteiger partial charge on any atom is -0.457 e. The van der Waals surface area contributed by atoms with Crippen molar-refractivity contribution in [1.82, 2.24) is 0 Å². The number of ketones is 1. The van der Waals surface area contributed by atoms with Crippen molar-refractivity contribution in [3.63, 3.8) is 0 Å². The molecule has 4 rings (SSSR count). The number of rotatable bonds is 6. The van der Waals surface area contributed by atoms with Crippen LogP contribution in [0.4, 0.5) is 0 Å². The molecule has 2 aromatic carbocycles. The number of benzene rings is 2. The number of ether oxygens (including phenoxy) is 3. The summed E-state index contributed by atoms with van der Waals surface area (Å²) < 4.78 is 15.8. The Morgan fingerprint density at radius 2 is 1.78 bits per heavy atom. The maximum absolute atomic E-state index is 12.5. The number of Topliss-reactive ketones (excluding diaryl/α,β-unsaturated/α-hetero) is 1. The van der Waals surface area contributed by atoms with Crippen LogP contribution in [0.3, 0.4) is 0 Å². The van der Waals surface area contributed by atoms with Gasteiger partial charge in [-0.15, -0.1) is 0 Å². The minimum absolute atomic E-state index is 0.0297. The van der Waals surface area contributed by atoms with Crippen LogP contribution >= 0.6 is 0 Å². The maximum atomic E-state index is 12.5. The summed E-state index contributed by atoms with van der Waals surface area (Å²) in [5.74, 6) is -1.01. The van der Waals surface area contributed by atoms with Gasteiger partial charge in [0.15, 0.2) is 0 Å². The predicted octanol–water partition coefficient (Wildman–Crippen LogP) is 3.21. The van der Waals surface area contributed by atoms with Crippen molar-refractivity contribution in [2.45, 2.75) is 32.8 Å². The highest BCUT2D eigenvalue weighted by Crippen LogP contribution is 2.32. The molecule has 1 aliphatic heterocycles. The van der Waals surface area contributed by atoms with Gasteiger partial charge < -0.3 is 14.2 Å². The Morgan fingerprint density at radius 1 is 1.00 bits per heavy atom. The maximum Gasteiger partial charge on any atom is 0.339 e. The first kappa shape index (κ1) is 21.2. The zero-order chi connectivity index (χ0) is 23.0. The minimum atomic E-state index is -0.632. The Morgan fingerprint density at radius 3 is 2.53 bits per heavy atom. The molecule has 0 atom stereocenters. The Hall–Kier alpha value is -4.00. The van der Waals surface area contributed by atoms with Gasteiger partial charge in [-0.05, 0) is 42.3 Å². The second kappa shape index (κ2) is 8.26. The lowest BCUT2D eigenvalue weighted by molar-refractivity contribution is -0.131. The van der Waals surface area contributed by atoms with E-state index in [1.165, 1.54) is 13.0 Å². The lowest BCUT2D eigenvalue weighted by Gasteiger charge is -2.13. The van der Waals surface area contributed by atoms with E-state index in [1.807, 2.05) is 6.07 Å². The standard InChI is InChI=1S/C25H20O7/c1-13(2)23(27)32-22-8-15(7-16-9-18(26)11-21(16)22)6-14(3)24(28)31-19-4-5-20-17(10-19)12-30-25(20)29/h4-5,7-8,10H,1,3,6,9,11-12H2,2H3. The highest BCUT2D eigenvalue weighted by molar-refractivity contribution is 5.94. The van der Waals surface area contributed by atoms with Crippen molar-refractivity contribution in [3.05, 3.63) is 82.5 Å². The number of hydrogen-bond donors (Lipinski definition) is 0. The molecule has 7 heteroatoms. The van der Waals surface area contributed by atoms with Gasteiger partial charge in [0.25, 0.3) is 0 Å². The van der Waals surface area contributed by atoms with Crippen molar-refractivity contribution in [2.24, 2.45) is 0 Å². The van der Waals surface area contributed by atoms with Crippen LogP contribution in [0.1, 0.15) is 39.5 Å². The number of cyclic esters (lactones) is 1. The predicted molar refractivity (Wildman–Crippen MR) is 113 cm³/mol. The van der Waals surface area contributed by atoms with E-state index in [4.69, 9.17) is 14.2 Å². The fraction of sp³-hybridized carbons (Fsp3) is 0.200. The zero-order valence-electron chi connectivity index (χ0n) is 17.5. The highest BCUT2D eigenvalue weighted by atomic mass is 16.5. The fourth-order valence-electron chi connectivity index (χ4n) is 3.65. The van der Waals surface area contributed by atoms with E-state index in [9.17, 15) is 19.2 Å². The first-order valence-corrected chi connectivity index (χ1v) is 9.95. The molecule has 0 aromatic heterocycles. The smallest absolute Gasteiger partial charge is 0.339 e. The molecule has 0 fully saturated rings. The summed E-state index contributed by atoms with van der Waals surface area (Å²) in [7, 11) is 0. The van der Waals surface area contributed by atoms with Gasteiger partial charge in [0, 0.05) is 41.5 Å². The Balaban J connectivity index is 1.50. The fourth-order valence-corrected chi connectivity index (χ4v) is 3.65. The van der Waals surface area contributed by atoms with Crippen molar-refractivity contribution in [1.29, 1.82) is 0 Å². The molecule has 0 spiro atoms. The van der Waals surface area contributed by atoms with Gasteiger partial charge in [0.2, 0.25) is 0 Å². The van der Waals surface area contributed by atoms with Crippen molar-refractivity contribution in [2.75, 3.05) is 0 Å². The molecule has 7 nitrogen and oxygen atoms in total. The van der Waals surface area contributed by atoms with Gasteiger partial charge in [0.1, 0.15) is 23.9 Å². The SMILES string of the molecule is C=C(C)C(=O)Oc1cc(CC(=C)C(=O)Oc2ccc3c(c2)COC3=O)cc2c1CC(=O)C2. The monoisotopic (exact) mass is 432 g/mol. The number of fused-ring (bicyclic) bond motifs is 2. The van der Waals surface area contributed by atoms with E-state index in [0.29, 0.717) is 28.0 Å². The molecular weight excluding hydrogens is 412 g/mol. The molecule has 0 bridgehead atoms. The molecule has 1 heterocycles. The van der Waals surface area contributed by atoms with Gasteiger partial charge in [-0.25, -0.2) is 14.4 Å². The van der Waals surface area contributed by atoms with Crippen molar-refractivity contribution in [3.8, 4) is 11.5 Å². The second-order valence-electron chi connectivity index (χ2n) is 7.86. The third-order valence-electron chi connectivity index (χ3n) is 5.25. The number of carbonyl (C=O) groups excluding carboxylic acids is 4. The highest BCUT2D eigenvalue weighted by Gasteiger charge is 2.26. The van der Waals surface area contributed by atoms with E-state index in [2.05, 4.69) is 13.2 Å². The Labute approximate surface area is 184 Å². The van der Waals surface area contributed by atoms with Crippen LogP contribution < -0.4 is 9.47 Å². The largest absolute Gasteiger partial charge is 0.457 e. The first-order chi connectivity index (χ1) is 15.2. The Kier molecular flexibility index (Phi) is 5.48. The molecule has 2 aromatic rings. The molecule has 32 heavy (non-hydrogen) atoms. The van der Waals surface area contributed by atoms with E-state index in [1.54, 1.807) is 18.2 Å². The lowest BCUT2D eigenvalue weighted by Crippen LogP contribution is -2.13. The summed E-state index contributed by atoms with van der Waals surface area (Å²) in [6.45, 7) is 9.07. The van der Waals surface area contributed by atoms with Crippen LogP contribution in [0.15, 0.2) is 54.6 Å². The molecule has 0 saturated carbocycles. The third kappa shape index (κ3) is 4.23. The normalized spacial score (nSPS) is 13.8. The summed E-state index contributed by atoms with van der Waals surface area (Å²) in [5.41, 5.74) is 3.63. The van der Waals surface area contributed by atoms with Crippen LogP contribution in [0.2, 0.25) is 0 Å². The van der Waals surface area contributed by atoms with E-state index in [0.717, 1.165) is 5.56 Å². The van der Waals surface area contributed by atoms with Crippen LogP contribution in [0, 0.1) is 0 Å². The zero-order valence-corrected chi connectivity index (χ0v) is 17.5. The van der Waals surface area contributed by atoms with E-state index < -0.39 is 17.9 Å². The van der Waals surface area contributed by atoms with Crippen LogP contribution in [0.5, 0.6) is 11.5 Å². The molecule has 2 aliphatic rings. The van der Waals surface area contributed by atoms with Crippen LogP contribution in [-0.2, 0) is 45.0 Å². The van der Waals surface area contributed by atoms with Gasteiger partial charge >= 0.3 is 17.9 Å². The van der Waals surface area contributed by atoms with Gasteiger partial charge in [0.05, 0.1) is 5.56 Å². The second-order valence-corrected chi connectivity index (χ2v) is 7.86. The Bertz CT molecular complexity index is 1220. The first-order valence-electron chi connectivity index (χ1n) is 9.95.